The van der Waals surface area contributed by atoms with E-state index in [1.807, 2.05) is 0 Å². The van der Waals surface area contributed by atoms with Crippen molar-refractivity contribution < 1.29 is 27.9 Å². The second-order valence-corrected chi connectivity index (χ2v) is 9.42. The van der Waals surface area contributed by atoms with Crippen molar-refractivity contribution in [3.05, 3.63) is 59.4 Å². The number of ether oxygens (including phenoxy) is 1. The Morgan fingerprint density at radius 3 is 2.47 bits per heavy atom. The van der Waals surface area contributed by atoms with Gasteiger partial charge < -0.3 is 26.0 Å². The number of carbonyl (C=O) groups excluding carboxylic acids is 3. The van der Waals surface area contributed by atoms with Gasteiger partial charge in [0.15, 0.2) is 0 Å². The van der Waals surface area contributed by atoms with Crippen LogP contribution in [0.15, 0.2) is 42.5 Å². The lowest BCUT2D eigenvalue weighted by atomic mass is 10.0. The summed E-state index contributed by atoms with van der Waals surface area (Å²) < 4.78 is 33.8. The number of alkyl halides is 1. The lowest BCUT2D eigenvalue weighted by Gasteiger charge is -2.39. The van der Waals surface area contributed by atoms with Gasteiger partial charge in [0.25, 0.3) is 5.91 Å². The summed E-state index contributed by atoms with van der Waals surface area (Å²) in [5, 5.41) is 4.53. The summed E-state index contributed by atoms with van der Waals surface area (Å²) in [6.45, 7) is 0.765. The average molecular weight is 525 g/mol. The molecule has 3 amide bonds. The fourth-order valence-electron chi connectivity index (χ4n) is 4.65. The summed E-state index contributed by atoms with van der Waals surface area (Å²) in [5.41, 5.74) is 13.8. The highest BCUT2D eigenvalue weighted by molar-refractivity contribution is 6.03. The molecule has 2 heterocycles. The molecule has 5 rings (SSSR count). The Hall–Kier alpha value is -4.48. The number of nitrogen functional groups attached to an aromatic ring is 1. The largest absolute Gasteiger partial charge is 0.495 e. The van der Waals surface area contributed by atoms with Gasteiger partial charge in [0, 0.05) is 24.7 Å². The third-order valence-electron chi connectivity index (χ3n) is 6.90. The normalized spacial score (nSPS) is 18.6. The predicted molar refractivity (Wildman–Crippen MR) is 134 cm³/mol. The Morgan fingerprint density at radius 1 is 1.21 bits per heavy atom. The van der Waals surface area contributed by atoms with Crippen molar-refractivity contribution in [1.29, 1.82) is 0 Å². The van der Waals surface area contributed by atoms with E-state index in [2.05, 4.69) is 5.10 Å². The number of primary amides is 1. The molecule has 0 bridgehead atoms. The minimum absolute atomic E-state index is 0.0626. The number of hydrogen-bond acceptors (Lipinski definition) is 6. The van der Waals surface area contributed by atoms with Crippen LogP contribution in [-0.4, -0.2) is 59.3 Å². The van der Waals surface area contributed by atoms with E-state index < -0.39 is 23.8 Å². The minimum atomic E-state index is -1.07. The number of amides is 3. The van der Waals surface area contributed by atoms with Gasteiger partial charge in [-0.3, -0.25) is 14.4 Å². The highest BCUT2D eigenvalue weighted by Crippen LogP contribution is 2.39. The second-order valence-electron chi connectivity index (χ2n) is 9.42. The Morgan fingerprint density at radius 2 is 1.89 bits per heavy atom. The van der Waals surface area contributed by atoms with Gasteiger partial charge in [-0.25, -0.2) is 13.5 Å². The lowest BCUT2D eigenvalue weighted by molar-refractivity contribution is -0.139. The highest BCUT2D eigenvalue weighted by Gasteiger charge is 2.48. The number of anilines is 2. The molecule has 1 saturated carbocycles. The van der Waals surface area contributed by atoms with Gasteiger partial charge in [-0.15, -0.1) is 0 Å². The van der Waals surface area contributed by atoms with E-state index in [1.54, 1.807) is 29.2 Å². The molecule has 2 fully saturated rings. The van der Waals surface area contributed by atoms with E-state index in [1.165, 1.54) is 34.9 Å². The fourth-order valence-corrected chi connectivity index (χ4v) is 4.65. The summed E-state index contributed by atoms with van der Waals surface area (Å²) >= 11 is 0. The maximum Gasteiger partial charge on any atom is 0.254 e. The van der Waals surface area contributed by atoms with E-state index >= 15 is 0 Å². The van der Waals surface area contributed by atoms with Crippen molar-refractivity contribution in [3.63, 3.8) is 0 Å². The maximum atomic E-state index is 13.8. The zero-order valence-corrected chi connectivity index (χ0v) is 20.5. The fraction of sp³-hybridized carbons (Fsp3) is 0.308. The van der Waals surface area contributed by atoms with Crippen LogP contribution >= 0.6 is 0 Å². The molecule has 0 radical (unpaired) electrons. The molecule has 38 heavy (non-hydrogen) atoms. The van der Waals surface area contributed by atoms with Crippen molar-refractivity contribution in [1.82, 2.24) is 14.7 Å². The van der Waals surface area contributed by atoms with Gasteiger partial charge in [-0.2, -0.15) is 5.10 Å². The van der Waals surface area contributed by atoms with Crippen molar-refractivity contribution in [3.8, 4) is 17.0 Å². The molecule has 0 spiro atoms. The van der Waals surface area contributed by atoms with Crippen LogP contribution in [0.25, 0.3) is 11.3 Å². The van der Waals surface area contributed by atoms with Crippen molar-refractivity contribution >= 4 is 29.7 Å². The molecule has 1 aliphatic carbocycles. The molecule has 12 heteroatoms. The number of halogens is 2. The van der Waals surface area contributed by atoms with Crippen molar-refractivity contribution in [2.45, 2.75) is 25.2 Å². The molecular formula is C26H26F2N6O4. The molecule has 198 valence electrons. The Balaban J connectivity index is 1.35. The van der Waals surface area contributed by atoms with E-state index in [-0.39, 0.29) is 47.7 Å². The number of nitrogens with two attached hydrogens (primary N) is 2. The summed E-state index contributed by atoms with van der Waals surface area (Å²) in [7, 11) is 1.43. The first kappa shape index (κ1) is 25.2. The Labute approximate surface area is 216 Å². The van der Waals surface area contributed by atoms with Crippen molar-refractivity contribution in [2.24, 2.45) is 11.7 Å². The van der Waals surface area contributed by atoms with Crippen LogP contribution in [0, 0.1) is 11.7 Å². The van der Waals surface area contributed by atoms with Crippen LogP contribution in [0.1, 0.15) is 28.4 Å². The van der Waals surface area contributed by atoms with E-state index in [0.717, 1.165) is 5.56 Å². The first-order valence-corrected chi connectivity index (χ1v) is 12.0. The van der Waals surface area contributed by atoms with Crippen LogP contribution in [0.2, 0.25) is 0 Å². The summed E-state index contributed by atoms with van der Waals surface area (Å²) in [5.74, 6) is -1.59. The molecule has 2 aromatic carbocycles. The number of carbonyl (C=O) groups is 3. The summed E-state index contributed by atoms with van der Waals surface area (Å²) in [6.07, 6.45) is -0.222. The number of likely N-dealkylation sites (tertiary alicyclic amines) is 1. The second kappa shape index (κ2) is 9.77. The van der Waals surface area contributed by atoms with Gasteiger partial charge in [0.2, 0.25) is 12.3 Å². The number of rotatable bonds is 9. The zero-order valence-electron chi connectivity index (χ0n) is 20.5. The topological polar surface area (TPSA) is 137 Å². The van der Waals surface area contributed by atoms with Crippen LogP contribution in [0.5, 0.6) is 5.75 Å². The standard InChI is InChI=1S/C26H26F2N6O4/c1-38-21-7-6-16(27)8-20(21)33(13-35)10-14-2-4-15(5-3-14)23-22(25(30)36)24(29)34(31-23)17-11-32(12-17)26(37)18-9-19(18)28/h2-8,13,17-19H,9-12,29H2,1H3,(H2,30,36)/t18-,19+/m0/s1. The maximum absolute atomic E-state index is 13.8. The number of nitrogens with zero attached hydrogens (tertiary/aromatic N) is 4. The van der Waals surface area contributed by atoms with E-state index in [0.29, 0.717) is 30.8 Å². The SMILES string of the molecule is COc1ccc(F)cc1N(C=O)Cc1ccc(-c2nn(C3CN(C(=O)[C@H]4C[C@H]4F)C3)c(N)c2C(N)=O)cc1. The van der Waals surface area contributed by atoms with Gasteiger partial charge >= 0.3 is 0 Å². The number of hydrogen-bond donors (Lipinski definition) is 2. The summed E-state index contributed by atoms with van der Waals surface area (Å²) in [4.78, 5) is 39.1. The molecule has 0 unspecified atom stereocenters. The van der Waals surface area contributed by atoms with Crippen LogP contribution in [0.4, 0.5) is 20.3 Å². The van der Waals surface area contributed by atoms with Crippen LogP contribution in [-0.2, 0) is 16.1 Å². The number of aromatic nitrogens is 2. The first-order valence-electron chi connectivity index (χ1n) is 12.0. The third kappa shape index (κ3) is 4.53. The first-order chi connectivity index (χ1) is 18.2. The Bertz CT molecular complexity index is 1400. The molecule has 4 N–H and O–H groups in total. The molecule has 2 atom stereocenters. The monoisotopic (exact) mass is 524 g/mol. The lowest BCUT2D eigenvalue weighted by Crippen LogP contribution is -2.52. The van der Waals surface area contributed by atoms with Crippen LogP contribution in [0.3, 0.4) is 0 Å². The van der Waals surface area contributed by atoms with E-state index in [9.17, 15) is 23.2 Å². The molecule has 1 saturated heterocycles. The average Bonchev–Trinajstić information content (AvgIpc) is 3.51. The quantitative estimate of drug-likeness (QED) is 0.412. The molecule has 10 nitrogen and oxygen atoms in total. The molecule has 1 aliphatic heterocycles. The number of benzene rings is 2. The molecule has 1 aromatic heterocycles. The smallest absolute Gasteiger partial charge is 0.254 e. The van der Waals surface area contributed by atoms with Gasteiger partial charge in [-0.1, -0.05) is 24.3 Å². The zero-order chi connectivity index (χ0) is 27.1. The van der Waals surface area contributed by atoms with Gasteiger partial charge in [0.05, 0.1) is 31.3 Å². The Kier molecular flexibility index (Phi) is 6.47. The molecule has 3 aromatic rings. The van der Waals surface area contributed by atoms with E-state index in [4.69, 9.17) is 16.2 Å². The van der Waals surface area contributed by atoms with Gasteiger partial charge in [0.1, 0.15) is 34.8 Å². The highest BCUT2D eigenvalue weighted by atomic mass is 19.1. The summed E-state index contributed by atoms with van der Waals surface area (Å²) in [6, 6.07) is 10.5. The number of methoxy groups -OCH3 is 1. The van der Waals surface area contributed by atoms with Gasteiger partial charge in [-0.05, 0) is 24.1 Å². The predicted octanol–water partition coefficient (Wildman–Crippen LogP) is 2.28. The minimum Gasteiger partial charge on any atom is -0.495 e. The molecular weight excluding hydrogens is 498 g/mol. The molecule has 2 aliphatic rings. The van der Waals surface area contributed by atoms with Crippen LogP contribution < -0.4 is 21.1 Å². The third-order valence-corrected chi connectivity index (χ3v) is 6.90. The van der Waals surface area contributed by atoms with Crippen molar-refractivity contribution in [2.75, 3.05) is 30.8 Å².